The lowest BCUT2D eigenvalue weighted by atomic mass is 10.0. The molecule has 1 aliphatic rings. The number of carboxylic acids is 1. The minimum absolute atomic E-state index is 0. The third-order valence-electron chi connectivity index (χ3n) is 5.64. The minimum Gasteiger partial charge on any atom is -0.481 e. The fraction of sp³-hybridized carbons (Fsp3) is 0.280. The minimum atomic E-state index is -0.792. The summed E-state index contributed by atoms with van der Waals surface area (Å²) in [5.41, 5.74) is 4.43. The summed E-state index contributed by atoms with van der Waals surface area (Å²) in [6, 6.07) is 24.9. The van der Waals surface area contributed by atoms with Crippen molar-refractivity contribution in [3.8, 4) is 0 Å². The molecule has 3 aromatic rings. The van der Waals surface area contributed by atoms with Crippen molar-refractivity contribution in [2.75, 3.05) is 26.2 Å². The molecule has 0 bridgehead atoms. The number of aliphatic carboxylic acids is 1. The van der Waals surface area contributed by atoms with Crippen molar-refractivity contribution in [3.63, 3.8) is 0 Å². The van der Waals surface area contributed by atoms with Gasteiger partial charge in [0.1, 0.15) is 0 Å². The van der Waals surface area contributed by atoms with Gasteiger partial charge in [0.05, 0.1) is 18.2 Å². The normalized spacial score (nSPS) is 14.8. The first-order valence-corrected chi connectivity index (χ1v) is 10.4. The van der Waals surface area contributed by atoms with Gasteiger partial charge in [-0.1, -0.05) is 60.7 Å². The molecule has 1 atom stereocenters. The van der Waals surface area contributed by atoms with Crippen molar-refractivity contribution in [2.24, 2.45) is 0 Å². The SMILES string of the molecule is Cl.Cl.Cl.O=C(O)Cc1ccc(CN2CCN(C(c3ccccc3)c3ccccn3)CC2)cc1. The van der Waals surface area contributed by atoms with Crippen LogP contribution >= 0.6 is 37.2 Å². The van der Waals surface area contributed by atoms with E-state index in [1.54, 1.807) is 0 Å². The standard InChI is InChI=1S/C25H27N3O2.3ClH/c29-24(30)18-20-9-11-21(12-10-20)19-27-14-16-28(17-15-27)25(22-6-2-1-3-7-22)23-8-4-5-13-26-23;;;/h1-13,25H,14-19H2,(H,29,30);3*1H. The molecule has 4 rings (SSSR count). The summed E-state index contributed by atoms with van der Waals surface area (Å²) in [4.78, 5) is 20.5. The number of carboxylic acid groups (broad SMARTS) is 1. The molecule has 0 amide bonds. The first kappa shape index (κ1) is 28.9. The largest absolute Gasteiger partial charge is 0.481 e. The van der Waals surface area contributed by atoms with Crippen molar-refractivity contribution >= 4 is 43.2 Å². The maximum absolute atomic E-state index is 10.8. The highest BCUT2D eigenvalue weighted by molar-refractivity contribution is 5.86. The lowest BCUT2D eigenvalue weighted by Gasteiger charge is -2.39. The van der Waals surface area contributed by atoms with E-state index in [0.717, 1.165) is 44.0 Å². The third kappa shape index (κ3) is 7.98. The summed E-state index contributed by atoms with van der Waals surface area (Å²) < 4.78 is 0. The number of hydrogen-bond acceptors (Lipinski definition) is 4. The summed E-state index contributed by atoms with van der Waals surface area (Å²) in [6.07, 6.45) is 1.95. The summed E-state index contributed by atoms with van der Waals surface area (Å²) in [6.45, 7) is 4.83. The molecule has 1 saturated heterocycles. The molecule has 178 valence electrons. The fourth-order valence-corrected chi connectivity index (χ4v) is 4.12. The smallest absolute Gasteiger partial charge is 0.307 e. The second-order valence-electron chi connectivity index (χ2n) is 7.77. The van der Waals surface area contributed by atoms with Crippen LogP contribution in [0.5, 0.6) is 0 Å². The summed E-state index contributed by atoms with van der Waals surface area (Å²) in [5, 5.41) is 8.91. The van der Waals surface area contributed by atoms with E-state index >= 15 is 0 Å². The molecule has 1 fully saturated rings. The Morgan fingerprint density at radius 1 is 0.818 bits per heavy atom. The van der Waals surface area contributed by atoms with Crippen LogP contribution in [0.25, 0.3) is 0 Å². The van der Waals surface area contributed by atoms with Gasteiger partial charge in [-0.3, -0.25) is 19.6 Å². The van der Waals surface area contributed by atoms with Crippen molar-refractivity contribution in [1.29, 1.82) is 0 Å². The Bertz CT molecular complexity index is 912. The number of carbonyl (C=O) groups is 1. The average Bonchev–Trinajstić information content (AvgIpc) is 2.78. The molecular formula is C25H30Cl3N3O2. The Hall–Kier alpha value is -2.15. The molecule has 2 aromatic carbocycles. The van der Waals surface area contributed by atoms with Crippen LogP contribution < -0.4 is 0 Å². The van der Waals surface area contributed by atoms with E-state index in [0.29, 0.717) is 0 Å². The number of nitrogens with zero attached hydrogens (tertiary/aromatic N) is 3. The topological polar surface area (TPSA) is 56.7 Å². The predicted octanol–water partition coefficient (Wildman–Crippen LogP) is 4.88. The van der Waals surface area contributed by atoms with E-state index in [1.807, 2.05) is 36.5 Å². The summed E-state index contributed by atoms with van der Waals surface area (Å²) in [5.74, 6) is -0.792. The number of benzene rings is 2. The zero-order valence-electron chi connectivity index (χ0n) is 18.2. The Morgan fingerprint density at radius 2 is 1.42 bits per heavy atom. The quantitative estimate of drug-likeness (QED) is 0.491. The number of hydrogen-bond donors (Lipinski definition) is 1. The second-order valence-corrected chi connectivity index (χ2v) is 7.77. The van der Waals surface area contributed by atoms with Gasteiger partial charge in [0.15, 0.2) is 0 Å². The molecule has 5 nitrogen and oxygen atoms in total. The lowest BCUT2D eigenvalue weighted by Crippen LogP contribution is -2.47. The Labute approximate surface area is 214 Å². The molecule has 1 aliphatic heterocycles. The summed E-state index contributed by atoms with van der Waals surface area (Å²) in [7, 11) is 0. The molecule has 1 N–H and O–H groups in total. The molecule has 33 heavy (non-hydrogen) atoms. The number of aromatic nitrogens is 1. The van der Waals surface area contributed by atoms with Gasteiger partial charge in [-0.2, -0.15) is 0 Å². The van der Waals surface area contributed by atoms with Crippen molar-refractivity contribution in [2.45, 2.75) is 19.0 Å². The molecule has 8 heteroatoms. The number of rotatable bonds is 7. The van der Waals surface area contributed by atoms with Crippen LogP contribution in [0.4, 0.5) is 0 Å². The zero-order valence-corrected chi connectivity index (χ0v) is 20.7. The van der Waals surface area contributed by atoms with Crippen LogP contribution in [-0.4, -0.2) is 52.0 Å². The van der Waals surface area contributed by atoms with Gasteiger partial charge in [-0.15, -0.1) is 37.2 Å². The first-order chi connectivity index (χ1) is 14.7. The van der Waals surface area contributed by atoms with E-state index in [9.17, 15) is 4.79 Å². The van der Waals surface area contributed by atoms with Crippen molar-refractivity contribution in [3.05, 3.63) is 101 Å². The fourth-order valence-electron chi connectivity index (χ4n) is 4.12. The number of pyridine rings is 1. The van der Waals surface area contributed by atoms with Crippen LogP contribution in [0.1, 0.15) is 28.4 Å². The van der Waals surface area contributed by atoms with E-state index in [4.69, 9.17) is 5.11 Å². The van der Waals surface area contributed by atoms with Gasteiger partial charge in [0.2, 0.25) is 0 Å². The number of piperazine rings is 1. The molecule has 2 heterocycles. The van der Waals surface area contributed by atoms with Crippen LogP contribution in [0.2, 0.25) is 0 Å². The van der Waals surface area contributed by atoms with E-state index in [2.05, 4.69) is 57.2 Å². The summed E-state index contributed by atoms with van der Waals surface area (Å²) >= 11 is 0. The van der Waals surface area contributed by atoms with Gasteiger partial charge in [0, 0.05) is 38.9 Å². The lowest BCUT2D eigenvalue weighted by molar-refractivity contribution is -0.136. The zero-order chi connectivity index (χ0) is 20.8. The molecule has 0 saturated carbocycles. The second kappa shape index (κ2) is 14.2. The molecule has 1 aromatic heterocycles. The maximum Gasteiger partial charge on any atom is 0.307 e. The number of halogens is 3. The Balaban J connectivity index is 0.00000181. The van der Waals surface area contributed by atoms with Gasteiger partial charge >= 0.3 is 5.97 Å². The van der Waals surface area contributed by atoms with E-state index in [1.165, 1.54) is 11.1 Å². The van der Waals surface area contributed by atoms with Crippen LogP contribution in [-0.2, 0) is 17.8 Å². The molecule has 0 spiro atoms. The van der Waals surface area contributed by atoms with Crippen molar-refractivity contribution in [1.82, 2.24) is 14.8 Å². The highest BCUT2D eigenvalue weighted by Gasteiger charge is 2.27. The highest BCUT2D eigenvalue weighted by atomic mass is 35.5. The average molecular weight is 511 g/mol. The van der Waals surface area contributed by atoms with E-state index < -0.39 is 5.97 Å². The first-order valence-electron chi connectivity index (χ1n) is 10.4. The third-order valence-corrected chi connectivity index (χ3v) is 5.64. The Morgan fingerprint density at radius 3 is 2.00 bits per heavy atom. The maximum atomic E-state index is 10.8. The Kier molecular flexibility index (Phi) is 12.4. The van der Waals surface area contributed by atoms with Gasteiger partial charge in [-0.25, -0.2) is 0 Å². The monoisotopic (exact) mass is 509 g/mol. The van der Waals surface area contributed by atoms with Crippen molar-refractivity contribution < 1.29 is 9.90 Å². The molecular weight excluding hydrogens is 481 g/mol. The van der Waals surface area contributed by atoms with Gasteiger partial charge in [0.25, 0.3) is 0 Å². The molecule has 1 unspecified atom stereocenters. The van der Waals surface area contributed by atoms with Crippen LogP contribution in [0, 0.1) is 0 Å². The van der Waals surface area contributed by atoms with Crippen LogP contribution in [0.3, 0.4) is 0 Å². The van der Waals surface area contributed by atoms with Gasteiger partial charge < -0.3 is 5.11 Å². The molecule has 0 radical (unpaired) electrons. The predicted molar refractivity (Wildman–Crippen MR) is 139 cm³/mol. The highest BCUT2D eigenvalue weighted by Crippen LogP contribution is 2.28. The van der Waals surface area contributed by atoms with Crippen LogP contribution in [0.15, 0.2) is 79.0 Å². The van der Waals surface area contributed by atoms with Gasteiger partial charge in [-0.05, 0) is 28.8 Å². The molecule has 0 aliphatic carbocycles. The van der Waals surface area contributed by atoms with E-state index in [-0.39, 0.29) is 49.7 Å².